The molecule has 1 unspecified atom stereocenters. The number of rotatable bonds is 1. The molecule has 1 N–H and O–H groups in total. The Labute approximate surface area is 116 Å². The highest BCUT2D eigenvalue weighted by atomic mass is 16.5. The van der Waals surface area contributed by atoms with Crippen molar-refractivity contribution in [2.45, 2.75) is 12.8 Å². The fourth-order valence-electron chi connectivity index (χ4n) is 2.40. The topological polar surface area (TPSA) is 47.0 Å². The minimum atomic E-state index is -0.248. The van der Waals surface area contributed by atoms with Crippen LogP contribution in [0.4, 0.5) is 5.69 Å². The third kappa shape index (κ3) is 1.90. The molecule has 20 heavy (non-hydrogen) atoms. The fourth-order valence-corrected chi connectivity index (χ4v) is 2.40. The van der Waals surface area contributed by atoms with Gasteiger partial charge in [-0.3, -0.25) is 4.98 Å². The molecular formula is C16H13N3O. The van der Waals surface area contributed by atoms with Gasteiger partial charge < -0.3 is 10.1 Å². The van der Waals surface area contributed by atoms with Gasteiger partial charge in [0.1, 0.15) is 5.69 Å². The van der Waals surface area contributed by atoms with Crippen molar-refractivity contribution in [2.24, 2.45) is 0 Å². The lowest BCUT2D eigenvalue weighted by molar-refractivity contribution is 0.0480. The van der Waals surface area contributed by atoms with Crippen molar-refractivity contribution in [3.63, 3.8) is 0 Å². The third-order valence-corrected chi connectivity index (χ3v) is 3.45. The Morgan fingerprint density at radius 1 is 1.00 bits per heavy atom. The van der Waals surface area contributed by atoms with Gasteiger partial charge in [-0.2, -0.15) is 0 Å². The van der Waals surface area contributed by atoms with Gasteiger partial charge in [-0.05, 0) is 18.2 Å². The summed E-state index contributed by atoms with van der Waals surface area (Å²) in [6.07, 6.45) is 1.52. The van der Waals surface area contributed by atoms with Crippen molar-refractivity contribution >= 4 is 16.7 Å². The highest BCUT2D eigenvalue weighted by Gasteiger charge is 2.20. The van der Waals surface area contributed by atoms with Crippen LogP contribution in [0.25, 0.3) is 11.0 Å². The third-order valence-electron chi connectivity index (χ3n) is 3.45. The van der Waals surface area contributed by atoms with Gasteiger partial charge in [-0.1, -0.05) is 30.3 Å². The Morgan fingerprint density at radius 2 is 1.80 bits per heavy atom. The summed E-state index contributed by atoms with van der Waals surface area (Å²) in [4.78, 5) is 9.05. The van der Waals surface area contributed by atoms with E-state index in [9.17, 15) is 0 Å². The number of nitrogens with one attached hydrogen (secondary N) is 1. The molecule has 0 spiro atoms. The molecule has 0 bridgehead atoms. The molecule has 4 nitrogen and oxygen atoms in total. The Kier molecular flexibility index (Phi) is 2.60. The lowest BCUT2D eigenvalue weighted by Gasteiger charge is -2.26. The van der Waals surface area contributed by atoms with Gasteiger partial charge in [0, 0.05) is 11.3 Å². The second-order valence-electron chi connectivity index (χ2n) is 4.78. The molecule has 0 amide bonds. The van der Waals surface area contributed by atoms with Crippen LogP contribution in [0.15, 0.2) is 54.7 Å². The maximum atomic E-state index is 5.83. The molecule has 98 valence electrons. The quantitative estimate of drug-likeness (QED) is 0.732. The van der Waals surface area contributed by atoms with Crippen molar-refractivity contribution in [3.8, 4) is 0 Å². The molecule has 4 heteroatoms. The zero-order chi connectivity index (χ0) is 13.4. The Morgan fingerprint density at radius 3 is 2.75 bits per heavy atom. The first-order chi connectivity index (χ1) is 9.90. The van der Waals surface area contributed by atoms with E-state index >= 15 is 0 Å². The van der Waals surface area contributed by atoms with Gasteiger partial charge in [0.15, 0.2) is 6.23 Å². The molecule has 0 aliphatic carbocycles. The number of fused-ring (bicyclic) bond motifs is 2. The number of hydrogen-bond acceptors (Lipinski definition) is 4. The summed E-state index contributed by atoms with van der Waals surface area (Å²) in [5, 5.41) is 3.35. The van der Waals surface area contributed by atoms with Crippen molar-refractivity contribution < 1.29 is 4.74 Å². The molecule has 3 aromatic rings. The van der Waals surface area contributed by atoms with Crippen LogP contribution in [0.2, 0.25) is 0 Å². The Bertz CT molecular complexity index is 772. The van der Waals surface area contributed by atoms with E-state index in [-0.39, 0.29) is 6.23 Å². The molecule has 1 atom stereocenters. The molecule has 1 aromatic heterocycles. The number of anilines is 1. The van der Waals surface area contributed by atoms with E-state index in [1.54, 1.807) is 6.20 Å². The van der Waals surface area contributed by atoms with Gasteiger partial charge in [-0.15, -0.1) is 0 Å². The minimum absolute atomic E-state index is 0.248. The predicted octanol–water partition coefficient (Wildman–Crippen LogP) is 3.27. The first kappa shape index (κ1) is 11.4. The van der Waals surface area contributed by atoms with Crippen LogP contribution < -0.4 is 5.32 Å². The molecular weight excluding hydrogens is 250 g/mol. The molecule has 0 saturated heterocycles. The average molecular weight is 263 g/mol. The Hall–Kier alpha value is -2.46. The van der Waals surface area contributed by atoms with Crippen LogP contribution in [0.5, 0.6) is 0 Å². The smallest absolute Gasteiger partial charge is 0.173 e. The van der Waals surface area contributed by atoms with Gasteiger partial charge in [0.25, 0.3) is 0 Å². The summed E-state index contributed by atoms with van der Waals surface area (Å²) >= 11 is 0. The van der Waals surface area contributed by atoms with Gasteiger partial charge in [-0.25, -0.2) is 4.98 Å². The number of hydrogen-bond donors (Lipinski definition) is 1. The van der Waals surface area contributed by atoms with Gasteiger partial charge in [0.2, 0.25) is 0 Å². The second-order valence-corrected chi connectivity index (χ2v) is 4.78. The monoisotopic (exact) mass is 263 g/mol. The molecule has 4 rings (SSSR count). The van der Waals surface area contributed by atoms with Crippen molar-refractivity contribution in [1.29, 1.82) is 0 Å². The van der Waals surface area contributed by atoms with E-state index in [4.69, 9.17) is 4.74 Å². The molecule has 2 aromatic carbocycles. The standard InChI is InChI=1S/C16H13N3O/c1-2-6-12-11(5-1)10-20-16(19-12)15-9-17-13-7-3-4-8-14(13)18-15/h1-9,16,19H,10H2. The lowest BCUT2D eigenvalue weighted by Crippen LogP contribution is -2.21. The van der Waals surface area contributed by atoms with E-state index in [0.29, 0.717) is 6.61 Å². The number of benzene rings is 2. The van der Waals surface area contributed by atoms with Crippen molar-refractivity contribution in [3.05, 3.63) is 66.0 Å². The zero-order valence-corrected chi connectivity index (χ0v) is 10.8. The summed E-state index contributed by atoms with van der Waals surface area (Å²) in [6, 6.07) is 16.0. The van der Waals surface area contributed by atoms with Crippen LogP contribution in [-0.2, 0) is 11.3 Å². The lowest BCUT2D eigenvalue weighted by atomic mass is 10.1. The summed E-state index contributed by atoms with van der Waals surface area (Å²) in [6.45, 7) is 0.586. The average Bonchev–Trinajstić information content (AvgIpc) is 2.54. The van der Waals surface area contributed by atoms with Crippen LogP contribution in [0.3, 0.4) is 0 Å². The van der Waals surface area contributed by atoms with Crippen LogP contribution >= 0.6 is 0 Å². The van der Waals surface area contributed by atoms with E-state index in [1.807, 2.05) is 36.4 Å². The predicted molar refractivity (Wildman–Crippen MR) is 77.1 cm³/mol. The highest BCUT2D eigenvalue weighted by Crippen LogP contribution is 2.29. The molecule has 0 saturated carbocycles. The number of nitrogens with zero attached hydrogens (tertiary/aromatic N) is 2. The maximum Gasteiger partial charge on any atom is 0.173 e. The largest absolute Gasteiger partial charge is 0.355 e. The SMILES string of the molecule is c1ccc2c(c1)COC(c1cnc3ccccc3n1)N2. The first-order valence-electron chi connectivity index (χ1n) is 6.58. The summed E-state index contributed by atoms with van der Waals surface area (Å²) in [7, 11) is 0. The molecule has 0 radical (unpaired) electrons. The van der Waals surface area contributed by atoms with Crippen molar-refractivity contribution in [2.75, 3.05) is 5.32 Å². The van der Waals surface area contributed by atoms with E-state index < -0.39 is 0 Å². The van der Waals surface area contributed by atoms with Gasteiger partial charge >= 0.3 is 0 Å². The Balaban J connectivity index is 1.70. The van der Waals surface area contributed by atoms with Crippen molar-refractivity contribution in [1.82, 2.24) is 9.97 Å². The maximum absolute atomic E-state index is 5.83. The fraction of sp³-hybridized carbons (Fsp3) is 0.125. The van der Waals surface area contributed by atoms with E-state index in [2.05, 4.69) is 27.4 Å². The van der Waals surface area contributed by atoms with E-state index in [0.717, 1.165) is 28.0 Å². The van der Waals surface area contributed by atoms with Crippen LogP contribution in [-0.4, -0.2) is 9.97 Å². The normalized spacial score (nSPS) is 17.5. The highest BCUT2D eigenvalue weighted by molar-refractivity contribution is 5.73. The number of para-hydroxylation sites is 3. The number of aromatic nitrogens is 2. The summed E-state index contributed by atoms with van der Waals surface area (Å²) in [5.74, 6) is 0. The van der Waals surface area contributed by atoms with Crippen LogP contribution in [0.1, 0.15) is 17.5 Å². The van der Waals surface area contributed by atoms with Crippen LogP contribution in [0, 0.1) is 0 Å². The first-order valence-corrected chi connectivity index (χ1v) is 6.58. The molecule has 0 fully saturated rings. The minimum Gasteiger partial charge on any atom is -0.355 e. The molecule has 1 aliphatic heterocycles. The second kappa shape index (κ2) is 4.58. The zero-order valence-electron chi connectivity index (χ0n) is 10.8. The van der Waals surface area contributed by atoms with Gasteiger partial charge in [0.05, 0.1) is 23.8 Å². The summed E-state index contributed by atoms with van der Waals surface area (Å²) < 4.78 is 5.83. The summed E-state index contributed by atoms with van der Waals surface area (Å²) in [5.41, 5.74) is 4.84. The number of ether oxygens (including phenoxy) is 1. The van der Waals surface area contributed by atoms with E-state index in [1.165, 1.54) is 0 Å². The molecule has 2 heterocycles. The molecule has 1 aliphatic rings.